The molecule has 5 nitrogen and oxygen atoms in total. The van der Waals surface area contributed by atoms with Crippen LogP contribution in [0.5, 0.6) is 0 Å². The highest BCUT2D eigenvalue weighted by molar-refractivity contribution is 8.16. The van der Waals surface area contributed by atoms with Crippen molar-refractivity contribution in [1.82, 2.24) is 0 Å². The molecule has 130 valence electrons. The molecular formula is C16H19ClN2O3S2. The molecule has 0 aromatic heterocycles. The van der Waals surface area contributed by atoms with Crippen molar-refractivity contribution in [2.75, 3.05) is 16.4 Å². The first kappa shape index (κ1) is 17.8. The third-order valence-corrected chi connectivity index (χ3v) is 7.47. The Kier molecular flexibility index (Phi) is 4.47. The molecule has 1 amide bonds. The van der Waals surface area contributed by atoms with Gasteiger partial charge in [-0.15, -0.1) is 0 Å². The molecule has 2 atom stereocenters. The number of sulfone groups is 1. The number of halogens is 1. The average molecular weight is 387 g/mol. The Bertz CT molecular complexity index is 798. The van der Waals surface area contributed by atoms with E-state index in [1.54, 1.807) is 12.1 Å². The maximum Gasteiger partial charge on any atom is 0.253 e. The van der Waals surface area contributed by atoms with Crippen molar-refractivity contribution in [2.24, 2.45) is 10.4 Å². The van der Waals surface area contributed by atoms with Crippen LogP contribution in [-0.4, -0.2) is 42.3 Å². The van der Waals surface area contributed by atoms with Crippen molar-refractivity contribution in [3.8, 4) is 0 Å². The molecule has 0 aliphatic carbocycles. The van der Waals surface area contributed by atoms with Crippen LogP contribution in [0.1, 0.15) is 20.8 Å². The van der Waals surface area contributed by atoms with E-state index in [2.05, 4.69) is 4.99 Å². The van der Waals surface area contributed by atoms with Gasteiger partial charge in [-0.25, -0.2) is 8.42 Å². The van der Waals surface area contributed by atoms with Crippen LogP contribution in [0.4, 0.5) is 5.69 Å². The van der Waals surface area contributed by atoms with Gasteiger partial charge in [-0.05, 0) is 24.3 Å². The summed E-state index contributed by atoms with van der Waals surface area (Å²) in [6.45, 7) is 5.45. The summed E-state index contributed by atoms with van der Waals surface area (Å²) >= 11 is 7.33. The summed E-state index contributed by atoms with van der Waals surface area (Å²) in [5.41, 5.74) is 0.222. The van der Waals surface area contributed by atoms with E-state index < -0.39 is 15.3 Å². The number of rotatable bonds is 1. The summed E-state index contributed by atoms with van der Waals surface area (Å²) in [7, 11) is -3.06. The number of amides is 1. The summed E-state index contributed by atoms with van der Waals surface area (Å²) in [4.78, 5) is 18.5. The third kappa shape index (κ3) is 3.48. The Morgan fingerprint density at radius 3 is 2.46 bits per heavy atom. The number of thioether (sulfide) groups is 1. The van der Waals surface area contributed by atoms with E-state index in [-0.39, 0.29) is 28.7 Å². The minimum Gasteiger partial charge on any atom is -0.316 e. The van der Waals surface area contributed by atoms with Gasteiger partial charge in [0.1, 0.15) is 0 Å². The van der Waals surface area contributed by atoms with Crippen LogP contribution in [0.15, 0.2) is 29.3 Å². The van der Waals surface area contributed by atoms with Crippen molar-refractivity contribution >= 4 is 50.0 Å². The molecule has 0 bridgehead atoms. The van der Waals surface area contributed by atoms with E-state index in [1.165, 1.54) is 11.8 Å². The molecule has 3 rings (SSSR count). The molecule has 2 saturated heterocycles. The predicted molar refractivity (Wildman–Crippen MR) is 99.6 cm³/mol. The maximum absolute atomic E-state index is 12.3. The molecule has 0 unspecified atom stereocenters. The van der Waals surface area contributed by atoms with Gasteiger partial charge in [0, 0.05) is 21.4 Å². The number of aliphatic imine (C=N–C) groups is 1. The minimum absolute atomic E-state index is 0.0794. The number of hydrogen-bond donors (Lipinski definition) is 0. The van der Waals surface area contributed by atoms with Gasteiger partial charge in [-0.1, -0.05) is 44.1 Å². The first-order valence-electron chi connectivity index (χ1n) is 7.62. The molecule has 2 aliphatic rings. The van der Waals surface area contributed by atoms with E-state index in [0.29, 0.717) is 10.2 Å². The summed E-state index contributed by atoms with van der Waals surface area (Å²) in [5.74, 6) is -0.0164. The van der Waals surface area contributed by atoms with Crippen LogP contribution in [0.3, 0.4) is 0 Å². The first-order chi connectivity index (χ1) is 11.1. The Balaban J connectivity index is 2.01. The van der Waals surface area contributed by atoms with Gasteiger partial charge < -0.3 is 4.90 Å². The standard InChI is InChI=1S/C16H19ClN2O3S2/c1-16(2,3)14(20)18-15-19(11-6-4-10(17)5-7-11)12-8-24(21,22)9-13(12)23-15/h4-7,12-13H,8-9H2,1-3H3/t12-,13-/m0/s1. The summed E-state index contributed by atoms with van der Waals surface area (Å²) in [6, 6.07) is 6.96. The van der Waals surface area contributed by atoms with Crippen LogP contribution in [-0.2, 0) is 14.6 Å². The Morgan fingerprint density at radius 1 is 1.25 bits per heavy atom. The van der Waals surface area contributed by atoms with Gasteiger partial charge in [0.25, 0.3) is 5.91 Å². The van der Waals surface area contributed by atoms with Crippen LogP contribution in [0.2, 0.25) is 5.02 Å². The highest BCUT2D eigenvalue weighted by atomic mass is 35.5. The second-order valence-electron chi connectivity index (χ2n) is 7.10. The third-order valence-electron chi connectivity index (χ3n) is 4.01. The summed E-state index contributed by atoms with van der Waals surface area (Å²) in [6.07, 6.45) is 0. The van der Waals surface area contributed by atoms with E-state index >= 15 is 0 Å². The quantitative estimate of drug-likeness (QED) is 0.742. The smallest absolute Gasteiger partial charge is 0.253 e. The first-order valence-corrected chi connectivity index (χ1v) is 10.7. The zero-order chi connectivity index (χ0) is 17.7. The highest BCUT2D eigenvalue weighted by Gasteiger charge is 2.49. The number of amidine groups is 1. The molecule has 1 aromatic carbocycles. The number of carbonyl (C=O) groups is 1. The molecule has 24 heavy (non-hydrogen) atoms. The van der Waals surface area contributed by atoms with Gasteiger partial charge >= 0.3 is 0 Å². The molecule has 2 heterocycles. The number of hydrogen-bond acceptors (Lipinski definition) is 4. The molecule has 0 radical (unpaired) electrons. The highest BCUT2D eigenvalue weighted by Crippen LogP contribution is 2.41. The van der Waals surface area contributed by atoms with Crippen LogP contribution in [0, 0.1) is 5.41 Å². The van der Waals surface area contributed by atoms with Gasteiger partial charge in [0.15, 0.2) is 15.0 Å². The number of anilines is 1. The fourth-order valence-electron chi connectivity index (χ4n) is 2.72. The lowest BCUT2D eigenvalue weighted by molar-refractivity contribution is -0.124. The molecule has 2 fully saturated rings. The normalized spacial score (nSPS) is 27.5. The lowest BCUT2D eigenvalue weighted by Crippen LogP contribution is -2.38. The second kappa shape index (κ2) is 6.04. The lowest BCUT2D eigenvalue weighted by atomic mass is 9.96. The number of fused-ring (bicyclic) bond motifs is 1. The zero-order valence-corrected chi connectivity index (χ0v) is 16.1. The average Bonchev–Trinajstić information content (AvgIpc) is 2.90. The predicted octanol–water partition coefficient (Wildman–Crippen LogP) is 2.99. The second-order valence-corrected chi connectivity index (χ2v) is 10.9. The molecule has 2 aliphatic heterocycles. The Morgan fingerprint density at radius 2 is 1.88 bits per heavy atom. The van der Waals surface area contributed by atoms with E-state index in [4.69, 9.17) is 11.6 Å². The molecular weight excluding hydrogens is 368 g/mol. The molecule has 0 saturated carbocycles. The van der Waals surface area contributed by atoms with Crippen molar-refractivity contribution in [1.29, 1.82) is 0 Å². The SMILES string of the molecule is CC(C)(C)C(=O)N=C1S[C@H]2CS(=O)(=O)C[C@@H]2N1c1ccc(Cl)cc1. The van der Waals surface area contributed by atoms with E-state index in [1.807, 2.05) is 37.8 Å². The topological polar surface area (TPSA) is 66.8 Å². The zero-order valence-electron chi connectivity index (χ0n) is 13.7. The maximum atomic E-state index is 12.3. The number of benzene rings is 1. The Hall–Kier alpha value is -1.05. The van der Waals surface area contributed by atoms with Crippen molar-refractivity contribution in [2.45, 2.75) is 32.1 Å². The molecule has 0 N–H and O–H groups in total. The van der Waals surface area contributed by atoms with Crippen molar-refractivity contribution < 1.29 is 13.2 Å². The lowest BCUT2D eigenvalue weighted by Gasteiger charge is -2.25. The van der Waals surface area contributed by atoms with E-state index in [0.717, 1.165) is 5.69 Å². The Labute approximate surface area is 151 Å². The summed E-state index contributed by atoms with van der Waals surface area (Å²) in [5, 5.41) is 1.07. The molecule has 1 aromatic rings. The van der Waals surface area contributed by atoms with Gasteiger partial charge in [-0.3, -0.25) is 4.79 Å². The monoisotopic (exact) mass is 386 g/mol. The van der Waals surface area contributed by atoms with Crippen molar-refractivity contribution in [3.05, 3.63) is 29.3 Å². The minimum atomic E-state index is -3.06. The summed E-state index contributed by atoms with van der Waals surface area (Å²) < 4.78 is 24.0. The van der Waals surface area contributed by atoms with Crippen LogP contribution < -0.4 is 4.90 Å². The van der Waals surface area contributed by atoms with Crippen LogP contribution >= 0.6 is 23.4 Å². The fraction of sp³-hybridized carbons (Fsp3) is 0.500. The molecule has 8 heteroatoms. The number of carbonyl (C=O) groups excluding carboxylic acids is 1. The van der Waals surface area contributed by atoms with Gasteiger partial charge in [-0.2, -0.15) is 4.99 Å². The van der Waals surface area contributed by atoms with Gasteiger partial charge in [0.05, 0.1) is 17.5 Å². The van der Waals surface area contributed by atoms with Crippen LogP contribution in [0.25, 0.3) is 0 Å². The number of nitrogens with zero attached hydrogens (tertiary/aromatic N) is 2. The molecule has 0 spiro atoms. The largest absolute Gasteiger partial charge is 0.316 e. The van der Waals surface area contributed by atoms with E-state index in [9.17, 15) is 13.2 Å². The van der Waals surface area contributed by atoms with Gasteiger partial charge in [0.2, 0.25) is 0 Å². The van der Waals surface area contributed by atoms with Crippen molar-refractivity contribution in [3.63, 3.8) is 0 Å². The fourth-order valence-corrected chi connectivity index (χ4v) is 6.76.